The molecule has 0 radical (unpaired) electrons. The maximum atomic E-state index is 5.35. The summed E-state index contributed by atoms with van der Waals surface area (Å²) in [5.41, 5.74) is 2.00. The van der Waals surface area contributed by atoms with Crippen molar-refractivity contribution in [2.75, 3.05) is 13.2 Å². The van der Waals surface area contributed by atoms with Crippen LogP contribution in [-0.4, -0.2) is 33.3 Å². The first-order chi connectivity index (χ1) is 9.90. The number of aromatic amines is 1. The third kappa shape index (κ3) is 1.98. The zero-order valence-electron chi connectivity index (χ0n) is 10.9. The van der Waals surface area contributed by atoms with Crippen molar-refractivity contribution in [3.63, 3.8) is 0 Å². The zero-order chi connectivity index (χ0) is 13.4. The molecular weight excluding hydrogens is 256 g/mol. The van der Waals surface area contributed by atoms with Crippen molar-refractivity contribution < 1.29 is 9.26 Å². The van der Waals surface area contributed by atoms with E-state index in [1.807, 2.05) is 18.3 Å². The molecule has 0 aliphatic carbocycles. The molecule has 1 atom stereocenters. The highest BCUT2D eigenvalue weighted by Gasteiger charge is 2.23. The molecule has 1 fully saturated rings. The molecule has 3 aromatic rings. The number of rotatable bonds is 3. The number of pyridine rings is 1. The van der Waals surface area contributed by atoms with Gasteiger partial charge in [0.15, 0.2) is 5.82 Å². The molecule has 6 heteroatoms. The summed E-state index contributed by atoms with van der Waals surface area (Å²) in [6.45, 7) is 1.47. The first-order valence-corrected chi connectivity index (χ1v) is 6.71. The number of fused-ring (bicyclic) bond motifs is 1. The molecule has 1 aliphatic heterocycles. The van der Waals surface area contributed by atoms with Gasteiger partial charge in [0.2, 0.25) is 5.89 Å². The van der Waals surface area contributed by atoms with E-state index in [9.17, 15) is 0 Å². The number of nitrogens with zero attached hydrogens (tertiary/aromatic N) is 3. The summed E-state index contributed by atoms with van der Waals surface area (Å²) in [6.07, 6.45) is 5.30. The molecule has 0 spiro atoms. The highest BCUT2D eigenvalue weighted by molar-refractivity contribution is 5.79. The lowest BCUT2D eigenvalue weighted by Gasteiger charge is -1.97. The highest BCUT2D eigenvalue weighted by Crippen LogP contribution is 2.24. The first kappa shape index (κ1) is 11.6. The minimum absolute atomic E-state index is 0.275. The van der Waals surface area contributed by atoms with Crippen LogP contribution in [0.25, 0.3) is 11.0 Å². The Balaban J connectivity index is 1.59. The second kappa shape index (κ2) is 4.72. The monoisotopic (exact) mass is 270 g/mol. The molecule has 6 nitrogen and oxygen atoms in total. The predicted octanol–water partition coefficient (Wildman–Crippen LogP) is 2.04. The molecule has 0 aromatic carbocycles. The Kier molecular flexibility index (Phi) is 2.74. The summed E-state index contributed by atoms with van der Waals surface area (Å²) in [6, 6.07) is 3.96. The Morgan fingerprint density at radius 2 is 2.40 bits per heavy atom. The van der Waals surface area contributed by atoms with Crippen molar-refractivity contribution in [2.24, 2.45) is 0 Å². The van der Waals surface area contributed by atoms with Crippen molar-refractivity contribution in [1.29, 1.82) is 0 Å². The number of hydrogen-bond donors (Lipinski definition) is 1. The molecular formula is C14H14N4O2. The third-order valence-electron chi connectivity index (χ3n) is 3.66. The lowest BCUT2D eigenvalue weighted by Crippen LogP contribution is -2.00. The van der Waals surface area contributed by atoms with Gasteiger partial charge in [-0.2, -0.15) is 4.98 Å². The molecule has 1 N–H and O–H groups in total. The Labute approximate surface area is 115 Å². The Hall–Kier alpha value is -2.21. The quantitative estimate of drug-likeness (QED) is 0.788. The zero-order valence-corrected chi connectivity index (χ0v) is 10.9. The molecule has 4 heterocycles. The van der Waals surface area contributed by atoms with Crippen LogP contribution >= 0.6 is 0 Å². The topological polar surface area (TPSA) is 76.8 Å². The molecule has 0 saturated carbocycles. The number of hydrogen-bond acceptors (Lipinski definition) is 5. The Morgan fingerprint density at radius 3 is 3.30 bits per heavy atom. The van der Waals surface area contributed by atoms with E-state index in [2.05, 4.69) is 20.1 Å². The lowest BCUT2D eigenvalue weighted by atomic mass is 10.1. The number of nitrogens with one attached hydrogen (secondary N) is 1. The van der Waals surface area contributed by atoms with E-state index >= 15 is 0 Å². The van der Waals surface area contributed by atoms with E-state index in [1.54, 1.807) is 6.20 Å². The van der Waals surface area contributed by atoms with Gasteiger partial charge in [-0.25, -0.2) is 4.98 Å². The van der Waals surface area contributed by atoms with E-state index in [0.29, 0.717) is 18.9 Å². The van der Waals surface area contributed by atoms with Crippen LogP contribution in [0.2, 0.25) is 0 Å². The van der Waals surface area contributed by atoms with Crippen LogP contribution in [0.5, 0.6) is 0 Å². The first-order valence-electron chi connectivity index (χ1n) is 6.71. The highest BCUT2D eigenvalue weighted by atomic mass is 16.5. The molecule has 102 valence electrons. The molecule has 20 heavy (non-hydrogen) atoms. The molecule has 0 amide bonds. The number of H-pyrrole nitrogens is 1. The minimum Gasteiger partial charge on any atom is -0.381 e. The Morgan fingerprint density at radius 1 is 1.40 bits per heavy atom. The number of ether oxygens (including phenoxy) is 1. The smallest absolute Gasteiger partial charge is 0.231 e. The largest absolute Gasteiger partial charge is 0.381 e. The van der Waals surface area contributed by atoms with Gasteiger partial charge in [0.05, 0.1) is 13.0 Å². The summed E-state index contributed by atoms with van der Waals surface area (Å²) in [5.74, 6) is 1.67. The van der Waals surface area contributed by atoms with Gasteiger partial charge in [0.1, 0.15) is 5.65 Å². The van der Waals surface area contributed by atoms with Crippen LogP contribution in [-0.2, 0) is 11.2 Å². The van der Waals surface area contributed by atoms with Gasteiger partial charge in [0.25, 0.3) is 0 Å². The van der Waals surface area contributed by atoms with Gasteiger partial charge in [0, 0.05) is 30.3 Å². The van der Waals surface area contributed by atoms with E-state index in [-0.39, 0.29) is 5.92 Å². The van der Waals surface area contributed by atoms with Crippen molar-refractivity contribution in [2.45, 2.75) is 18.8 Å². The Bertz CT molecular complexity index is 727. The molecule has 0 bridgehead atoms. The molecule has 1 aliphatic rings. The van der Waals surface area contributed by atoms with E-state index in [1.165, 1.54) is 0 Å². The van der Waals surface area contributed by atoms with Gasteiger partial charge in [-0.1, -0.05) is 5.16 Å². The molecule has 4 rings (SSSR count). The summed E-state index contributed by atoms with van der Waals surface area (Å²) in [4.78, 5) is 11.9. The SMILES string of the molecule is c1cnc2[nH]cc(Cc3nc(C4CCOC4)no3)c2c1. The average Bonchev–Trinajstić information content (AvgIpc) is 3.19. The second-order valence-corrected chi connectivity index (χ2v) is 5.00. The summed E-state index contributed by atoms with van der Waals surface area (Å²) in [7, 11) is 0. The fourth-order valence-electron chi connectivity index (χ4n) is 2.57. The van der Waals surface area contributed by atoms with Crippen LogP contribution in [0.15, 0.2) is 29.0 Å². The van der Waals surface area contributed by atoms with Crippen molar-refractivity contribution in [1.82, 2.24) is 20.1 Å². The van der Waals surface area contributed by atoms with Crippen LogP contribution in [0.1, 0.15) is 29.6 Å². The molecule has 1 saturated heterocycles. The van der Waals surface area contributed by atoms with Gasteiger partial charge >= 0.3 is 0 Å². The van der Waals surface area contributed by atoms with E-state index < -0.39 is 0 Å². The molecule has 1 unspecified atom stereocenters. The number of aromatic nitrogens is 4. The molecule has 3 aromatic heterocycles. The lowest BCUT2D eigenvalue weighted by molar-refractivity contribution is 0.192. The second-order valence-electron chi connectivity index (χ2n) is 5.00. The van der Waals surface area contributed by atoms with E-state index in [4.69, 9.17) is 9.26 Å². The summed E-state index contributed by atoms with van der Waals surface area (Å²) < 4.78 is 10.7. The fourth-order valence-corrected chi connectivity index (χ4v) is 2.57. The van der Waals surface area contributed by atoms with Crippen LogP contribution < -0.4 is 0 Å². The van der Waals surface area contributed by atoms with Gasteiger partial charge in [-0.05, 0) is 24.1 Å². The van der Waals surface area contributed by atoms with Gasteiger partial charge in [-0.15, -0.1) is 0 Å². The van der Waals surface area contributed by atoms with Crippen molar-refractivity contribution in [3.05, 3.63) is 41.8 Å². The maximum Gasteiger partial charge on any atom is 0.231 e. The normalized spacial score (nSPS) is 18.9. The summed E-state index contributed by atoms with van der Waals surface area (Å²) in [5, 5.41) is 5.16. The van der Waals surface area contributed by atoms with Crippen LogP contribution in [0, 0.1) is 0 Å². The fraction of sp³-hybridized carbons (Fsp3) is 0.357. The summed E-state index contributed by atoms with van der Waals surface area (Å²) >= 11 is 0. The minimum atomic E-state index is 0.275. The predicted molar refractivity (Wildman–Crippen MR) is 71.4 cm³/mol. The van der Waals surface area contributed by atoms with Crippen molar-refractivity contribution in [3.8, 4) is 0 Å². The van der Waals surface area contributed by atoms with Gasteiger partial charge in [-0.3, -0.25) is 0 Å². The standard InChI is InChI=1S/C14H14N4O2/c1-2-11-10(7-16-14(11)15-4-1)6-12-17-13(18-20-12)9-3-5-19-8-9/h1-2,4,7,9H,3,5-6,8H2,(H,15,16). The van der Waals surface area contributed by atoms with Gasteiger partial charge < -0.3 is 14.2 Å². The maximum absolute atomic E-state index is 5.35. The van der Waals surface area contributed by atoms with Crippen molar-refractivity contribution >= 4 is 11.0 Å². The van der Waals surface area contributed by atoms with E-state index in [0.717, 1.165) is 35.4 Å². The van der Waals surface area contributed by atoms with Crippen LogP contribution in [0.4, 0.5) is 0 Å². The average molecular weight is 270 g/mol. The third-order valence-corrected chi connectivity index (χ3v) is 3.66. The van der Waals surface area contributed by atoms with Crippen LogP contribution in [0.3, 0.4) is 0 Å².